The van der Waals surface area contributed by atoms with Gasteiger partial charge in [-0.3, -0.25) is 9.59 Å². The third-order valence-electron chi connectivity index (χ3n) is 6.06. The number of hydrogen-bond acceptors (Lipinski definition) is 2. The van der Waals surface area contributed by atoms with Gasteiger partial charge in [0.2, 0.25) is 5.91 Å². The lowest BCUT2D eigenvalue weighted by atomic mass is 9.84. The lowest BCUT2D eigenvalue weighted by Crippen LogP contribution is -2.50. The SMILES string of the molecule is CC1CCCCC1N(C)C(=O)C1CCCN(C(=O)c2ccc(F)cc2)C1. The zero-order valence-electron chi connectivity index (χ0n) is 15.8. The van der Waals surface area contributed by atoms with Crippen molar-refractivity contribution >= 4 is 11.8 Å². The van der Waals surface area contributed by atoms with Gasteiger partial charge < -0.3 is 9.80 Å². The smallest absolute Gasteiger partial charge is 0.253 e. The summed E-state index contributed by atoms with van der Waals surface area (Å²) in [5, 5.41) is 0. The second kappa shape index (κ2) is 8.19. The average Bonchev–Trinajstić information content (AvgIpc) is 2.67. The van der Waals surface area contributed by atoms with Crippen LogP contribution < -0.4 is 0 Å². The Balaban J connectivity index is 1.64. The van der Waals surface area contributed by atoms with E-state index in [2.05, 4.69) is 6.92 Å². The Bertz CT molecular complexity index is 646. The summed E-state index contributed by atoms with van der Waals surface area (Å²) < 4.78 is 13.1. The minimum Gasteiger partial charge on any atom is -0.342 e. The van der Waals surface area contributed by atoms with Crippen molar-refractivity contribution in [2.45, 2.75) is 51.5 Å². The van der Waals surface area contributed by atoms with Crippen molar-refractivity contribution in [1.29, 1.82) is 0 Å². The van der Waals surface area contributed by atoms with Gasteiger partial charge in [0.25, 0.3) is 5.91 Å². The topological polar surface area (TPSA) is 40.6 Å². The van der Waals surface area contributed by atoms with Gasteiger partial charge in [0.05, 0.1) is 5.92 Å². The molecule has 3 atom stereocenters. The summed E-state index contributed by atoms with van der Waals surface area (Å²) in [6, 6.07) is 5.95. The molecule has 1 saturated carbocycles. The maximum Gasteiger partial charge on any atom is 0.253 e. The number of likely N-dealkylation sites (tertiary alicyclic amines) is 1. The molecular weight excluding hydrogens is 331 g/mol. The molecule has 2 amide bonds. The quantitative estimate of drug-likeness (QED) is 0.824. The molecule has 5 heteroatoms. The van der Waals surface area contributed by atoms with Gasteiger partial charge in [-0.2, -0.15) is 0 Å². The number of benzene rings is 1. The zero-order valence-corrected chi connectivity index (χ0v) is 15.8. The van der Waals surface area contributed by atoms with E-state index >= 15 is 0 Å². The van der Waals surface area contributed by atoms with Crippen molar-refractivity contribution in [2.75, 3.05) is 20.1 Å². The number of amides is 2. The van der Waals surface area contributed by atoms with E-state index in [1.807, 2.05) is 11.9 Å². The predicted octanol–water partition coefficient (Wildman–Crippen LogP) is 3.72. The Hall–Kier alpha value is -1.91. The van der Waals surface area contributed by atoms with Crippen molar-refractivity contribution in [1.82, 2.24) is 9.80 Å². The summed E-state index contributed by atoms with van der Waals surface area (Å²) in [6.07, 6.45) is 6.36. The monoisotopic (exact) mass is 360 g/mol. The number of piperidine rings is 1. The molecule has 2 aliphatic rings. The maximum absolute atomic E-state index is 13.1. The van der Waals surface area contributed by atoms with Crippen LogP contribution in [0.2, 0.25) is 0 Å². The van der Waals surface area contributed by atoms with Crippen molar-refractivity contribution < 1.29 is 14.0 Å². The Labute approximate surface area is 155 Å². The predicted molar refractivity (Wildman–Crippen MR) is 99.2 cm³/mol. The molecule has 1 aliphatic heterocycles. The van der Waals surface area contributed by atoms with E-state index in [0.29, 0.717) is 30.6 Å². The molecule has 1 aliphatic carbocycles. The van der Waals surface area contributed by atoms with Crippen LogP contribution in [0, 0.1) is 17.7 Å². The van der Waals surface area contributed by atoms with E-state index in [1.165, 1.54) is 43.5 Å². The summed E-state index contributed by atoms with van der Waals surface area (Å²) in [7, 11) is 1.93. The first kappa shape index (κ1) is 18.9. The van der Waals surface area contributed by atoms with Crippen LogP contribution in [0.25, 0.3) is 0 Å². The molecule has 4 nitrogen and oxygen atoms in total. The van der Waals surface area contributed by atoms with Gasteiger partial charge in [0.15, 0.2) is 0 Å². The number of halogens is 1. The highest BCUT2D eigenvalue weighted by Crippen LogP contribution is 2.29. The van der Waals surface area contributed by atoms with Gasteiger partial charge in [-0.1, -0.05) is 19.8 Å². The summed E-state index contributed by atoms with van der Waals surface area (Å²) in [5.41, 5.74) is 0.480. The van der Waals surface area contributed by atoms with Crippen LogP contribution in [0.15, 0.2) is 24.3 Å². The van der Waals surface area contributed by atoms with Crippen LogP contribution in [0.1, 0.15) is 55.8 Å². The molecule has 1 aromatic rings. The molecule has 3 unspecified atom stereocenters. The van der Waals surface area contributed by atoms with Crippen LogP contribution in [0.4, 0.5) is 4.39 Å². The molecule has 0 bridgehead atoms. The molecule has 0 N–H and O–H groups in total. The standard InChI is InChI=1S/C21H29FN2O2/c1-15-6-3-4-8-19(15)23(2)20(25)17-7-5-13-24(14-17)21(26)16-9-11-18(22)12-10-16/h9-12,15,17,19H,3-8,13-14H2,1-2H3. The number of carbonyl (C=O) groups excluding carboxylic acids is 2. The van der Waals surface area contributed by atoms with E-state index in [9.17, 15) is 14.0 Å². The first-order valence-corrected chi connectivity index (χ1v) is 9.79. The third kappa shape index (κ3) is 4.08. The van der Waals surface area contributed by atoms with Crippen LogP contribution in [0.3, 0.4) is 0 Å². The number of hydrogen-bond donors (Lipinski definition) is 0. The first-order valence-electron chi connectivity index (χ1n) is 9.79. The normalized spacial score (nSPS) is 26.4. The molecule has 0 aromatic heterocycles. The lowest BCUT2D eigenvalue weighted by Gasteiger charge is -2.40. The molecule has 142 valence electrons. The summed E-state index contributed by atoms with van der Waals surface area (Å²) in [6.45, 7) is 3.35. The van der Waals surface area contributed by atoms with Gasteiger partial charge in [0, 0.05) is 31.7 Å². The Morgan fingerprint density at radius 1 is 1.08 bits per heavy atom. The molecule has 0 radical (unpaired) electrons. The van der Waals surface area contributed by atoms with Crippen molar-refractivity contribution in [3.05, 3.63) is 35.6 Å². The van der Waals surface area contributed by atoms with Crippen molar-refractivity contribution in [3.8, 4) is 0 Å². The highest BCUT2D eigenvalue weighted by atomic mass is 19.1. The first-order chi connectivity index (χ1) is 12.5. The Morgan fingerprint density at radius 2 is 1.77 bits per heavy atom. The fraction of sp³-hybridized carbons (Fsp3) is 0.619. The van der Waals surface area contributed by atoms with Gasteiger partial charge in [-0.05, 0) is 55.9 Å². The van der Waals surface area contributed by atoms with Gasteiger partial charge in [-0.15, -0.1) is 0 Å². The maximum atomic E-state index is 13.1. The number of nitrogens with zero attached hydrogens (tertiary/aromatic N) is 2. The molecule has 0 spiro atoms. The Kier molecular flexibility index (Phi) is 5.94. The second-order valence-electron chi connectivity index (χ2n) is 7.88. The van der Waals surface area contributed by atoms with Gasteiger partial charge in [-0.25, -0.2) is 4.39 Å². The fourth-order valence-electron chi connectivity index (χ4n) is 4.46. The number of carbonyl (C=O) groups is 2. The highest BCUT2D eigenvalue weighted by Gasteiger charge is 2.34. The van der Waals surface area contributed by atoms with Gasteiger partial charge in [0.1, 0.15) is 5.82 Å². The average molecular weight is 360 g/mol. The lowest BCUT2D eigenvalue weighted by molar-refractivity contribution is -0.139. The van der Waals surface area contributed by atoms with E-state index in [-0.39, 0.29) is 23.5 Å². The molecule has 3 rings (SSSR count). The fourth-order valence-corrected chi connectivity index (χ4v) is 4.46. The van der Waals surface area contributed by atoms with E-state index in [1.54, 1.807) is 4.90 Å². The molecule has 1 aromatic carbocycles. The van der Waals surface area contributed by atoms with E-state index in [0.717, 1.165) is 19.3 Å². The summed E-state index contributed by atoms with van der Waals surface area (Å²) in [5.74, 6) is 0.110. The van der Waals surface area contributed by atoms with Crippen LogP contribution in [0.5, 0.6) is 0 Å². The minimum atomic E-state index is -0.350. The molecular formula is C21H29FN2O2. The summed E-state index contributed by atoms with van der Waals surface area (Å²) >= 11 is 0. The molecule has 1 heterocycles. The Morgan fingerprint density at radius 3 is 2.46 bits per heavy atom. The largest absolute Gasteiger partial charge is 0.342 e. The molecule has 2 fully saturated rings. The van der Waals surface area contributed by atoms with Crippen LogP contribution >= 0.6 is 0 Å². The highest BCUT2D eigenvalue weighted by molar-refractivity contribution is 5.94. The summed E-state index contributed by atoms with van der Waals surface area (Å²) in [4.78, 5) is 29.4. The van der Waals surface area contributed by atoms with Crippen molar-refractivity contribution in [2.24, 2.45) is 11.8 Å². The number of rotatable bonds is 3. The van der Waals surface area contributed by atoms with Crippen LogP contribution in [-0.4, -0.2) is 47.8 Å². The van der Waals surface area contributed by atoms with E-state index in [4.69, 9.17) is 0 Å². The molecule has 26 heavy (non-hydrogen) atoms. The van der Waals surface area contributed by atoms with E-state index < -0.39 is 0 Å². The third-order valence-corrected chi connectivity index (χ3v) is 6.06. The second-order valence-corrected chi connectivity index (χ2v) is 7.88. The van der Waals surface area contributed by atoms with Crippen molar-refractivity contribution in [3.63, 3.8) is 0 Å². The van der Waals surface area contributed by atoms with Gasteiger partial charge >= 0.3 is 0 Å². The van der Waals surface area contributed by atoms with Crippen LogP contribution in [-0.2, 0) is 4.79 Å². The zero-order chi connectivity index (χ0) is 18.7. The minimum absolute atomic E-state index is 0.115. The molecule has 1 saturated heterocycles.